The average molecular weight is 581 g/mol. The maximum absolute atomic E-state index is 14.3. The number of aromatic nitrogens is 1. The van der Waals surface area contributed by atoms with Crippen LogP contribution in [-0.4, -0.2) is 58.0 Å². The van der Waals surface area contributed by atoms with Gasteiger partial charge in [-0.1, -0.05) is 56.3 Å². The molecule has 2 aliphatic rings. The quantitative estimate of drug-likeness (QED) is 0.254. The van der Waals surface area contributed by atoms with E-state index in [2.05, 4.69) is 10.3 Å². The highest BCUT2D eigenvalue weighted by atomic mass is 16.5. The van der Waals surface area contributed by atoms with Crippen molar-refractivity contribution in [2.45, 2.75) is 44.8 Å². The molecule has 0 saturated carbocycles. The minimum atomic E-state index is -1.15. The third-order valence-corrected chi connectivity index (χ3v) is 8.18. The third kappa shape index (κ3) is 4.78. The van der Waals surface area contributed by atoms with Crippen molar-refractivity contribution < 1.29 is 29.0 Å². The number of methoxy groups -OCH3 is 1. The normalized spacial score (nSPS) is 18.5. The maximum atomic E-state index is 14.3. The van der Waals surface area contributed by atoms with Gasteiger partial charge in [0, 0.05) is 23.0 Å². The number of rotatable bonds is 8. The molecule has 4 amide bonds. The average Bonchev–Trinajstić information content (AvgIpc) is 3.49. The summed E-state index contributed by atoms with van der Waals surface area (Å²) in [5, 5.41) is 13.2. The standard InChI is InChI=1S/C33H32N4O6/c1-18(2)16-25(32(40)41)35-30(38)22-9-5-7-11-26(22)37-31(39)27-17-23-21-8-4-6-10-24(21)34-28(23)29(36(27)33(37)42)19-12-14-20(43-3)15-13-19/h4-15,18,25,27,29,34H,16-17H2,1-3H3,(H,35,38)(H,40,41)/t25-,27+,29?/m1/s1. The van der Waals surface area contributed by atoms with E-state index >= 15 is 0 Å². The smallest absolute Gasteiger partial charge is 0.332 e. The Kier molecular flexibility index (Phi) is 7.13. The van der Waals surface area contributed by atoms with Crippen LogP contribution in [0.2, 0.25) is 0 Å². The summed E-state index contributed by atoms with van der Waals surface area (Å²) >= 11 is 0. The number of ether oxygens (including phenoxy) is 1. The van der Waals surface area contributed by atoms with E-state index in [4.69, 9.17) is 4.74 Å². The van der Waals surface area contributed by atoms with Crippen molar-refractivity contribution in [2.75, 3.05) is 12.0 Å². The number of hydrogen-bond donors (Lipinski definition) is 3. The SMILES string of the molecule is COc1ccc(C2c3[nH]c4ccccc4c3C[C@H]3C(=O)N(c4ccccc4C(=O)N[C@H](CC(C)C)C(=O)O)C(=O)N23)cc1. The number of amides is 4. The highest BCUT2D eigenvalue weighted by Crippen LogP contribution is 2.45. The topological polar surface area (TPSA) is 132 Å². The summed E-state index contributed by atoms with van der Waals surface area (Å²) in [5.41, 5.74) is 3.66. The number of benzene rings is 3. The van der Waals surface area contributed by atoms with E-state index in [0.29, 0.717) is 12.2 Å². The fourth-order valence-electron chi connectivity index (χ4n) is 6.22. The Morgan fingerprint density at radius 3 is 2.42 bits per heavy atom. The fourth-order valence-corrected chi connectivity index (χ4v) is 6.22. The van der Waals surface area contributed by atoms with Crippen LogP contribution in [0.5, 0.6) is 5.75 Å². The minimum Gasteiger partial charge on any atom is -0.497 e. The molecule has 1 aromatic heterocycles. The molecule has 0 spiro atoms. The number of carbonyl (C=O) groups excluding carboxylic acids is 3. The van der Waals surface area contributed by atoms with Gasteiger partial charge in [-0.15, -0.1) is 0 Å². The van der Waals surface area contributed by atoms with Gasteiger partial charge in [0.2, 0.25) is 0 Å². The van der Waals surface area contributed by atoms with E-state index in [1.807, 2.05) is 62.4 Å². The Bertz CT molecular complexity index is 1740. The number of hydrogen-bond acceptors (Lipinski definition) is 5. The number of H-pyrrole nitrogens is 1. The predicted octanol–water partition coefficient (Wildman–Crippen LogP) is 4.89. The molecule has 4 aromatic rings. The van der Waals surface area contributed by atoms with Crippen molar-refractivity contribution in [1.29, 1.82) is 0 Å². The number of fused-ring (bicyclic) bond motifs is 4. The largest absolute Gasteiger partial charge is 0.497 e. The van der Waals surface area contributed by atoms with Gasteiger partial charge in [-0.2, -0.15) is 0 Å². The number of urea groups is 1. The molecule has 1 fully saturated rings. The van der Waals surface area contributed by atoms with Gasteiger partial charge in [0.05, 0.1) is 18.4 Å². The molecule has 3 heterocycles. The zero-order valence-electron chi connectivity index (χ0n) is 24.0. The molecule has 10 heteroatoms. The first kappa shape index (κ1) is 28.0. The lowest BCUT2D eigenvalue weighted by molar-refractivity contribution is -0.139. The van der Waals surface area contributed by atoms with Crippen LogP contribution in [0.3, 0.4) is 0 Å². The second-order valence-corrected chi connectivity index (χ2v) is 11.3. The number of nitrogens with one attached hydrogen (secondary N) is 2. The number of aliphatic carboxylic acids is 1. The number of carboxylic acid groups (broad SMARTS) is 1. The van der Waals surface area contributed by atoms with Crippen LogP contribution >= 0.6 is 0 Å². The lowest BCUT2D eigenvalue weighted by atomic mass is 9.89. The minimum absolute atomic E-state index is 0.0254. The second kappa shape index (κ2) is 10.9. The highest BCUT2D eigenvalue weighted by molar-refractivity contribution is 6.24. The zero-order valence-corrected chi connectivity index (χ0v) is 24.0. The molecule has 6 rings (SSSR count). The molecule has 43 heavy (non-hydrogen) atoms. The number of carbonyl (C=O) groups is 4. The zero-order chi connectivity index (χ0) is 30.4. The van der Waals surface area contributed by atoms with E-state index in [1.54, 1.807) is 30.2 Å². The van der Waals surface area contributed by atoms with Gasteiger partial charge in [0.1, 0.15) is 23.9 Å². The van der Waals surface area contributed by atoms with Gasteiger partial charge in [-0.3, -0.25) is 14.5 Å². The first-order valence-electron chi connectivity index (χ1n) is 14.2. The number of aromatic amines is 1. The molecule has 0 radical (unpaired) electrons. The van der Waals surface area contributed by atoms with Crippen LogP contribution in [0.25, 0.3) is 10.9 Å². The Balaban J connectivity index is 1.42. The summed E-state index contributed by atoms with van der Waals surface area (Å²) in [6.07, 6.45) is 0.535. The maximum Gasteiger partial charge on any atom is 0.332 e. The summed E-state index contributed by atoms with van der Waals surface area (Å²) in [6, 6.07) is 18.4. The molecule has 0 aliphatic carbocycles. The summed E-state index contributed by atoms with van der Waals surface area (Å²) in [5.74, 6) is -1.58. The molecular weight excluding hydrogens is 548 g/mol. The van der Waals surface area contributed by atoms with Crippen LogP contribution in [-0.2, 0) is 16.0 Å². The van der Waals surface area contributed by atoms with Gasteiger partial charge in [0.25, 0.3) is 11.8 Å². The van der Waals surface area contributed by atoms with Crippen LogP contribution in [0.1, 0.15) is 53.5 Å². The van der Waals surface area contributed by atoms with E-state index in [-0.39, 0.29) is 23.6 Å². The van der Waals surface area contributed by atoms with Crippen molar-refractivity contribution in [3.63, 3.8) is 0 Å². The van der Waals surface area contributed by atoms with Gasteiger partial charge < -0.3 is 20.1 Å². The van der Waals surface area contributed by atoms with Gasteiger partial charge in [-0.25, -0.2) is 14.5 Å². The number of nitrogens with zero attached hydrogens (tertiary/aromatic N) is 2. The van der Waals surface area contributed by atoms with Crippen molar-refractivity contribution in [2.24, 2.45) is 5.92 Å². The van der Waals surface area contributed by atoms with Crippen molar-refractivity contribution in [3.8, 4) is 5.75 Å². The lowest BCUT2D eigenvalue weighted by Crippen LogP contribution is -2.44. The van der Waals surface area contributed by atoms with Gasteiger partial charge >= 0.3 is 12.0 Å². The Hall–Kier alpha value is -5.12. The highest BCUT2D eigenvalue weighted by Gasteiger charge is 2.53. The molecule has 220 valence electrons. The van der Waals surface area contributed by atoms with Crippen LogP contribution in [0.4, 0.5) is 10.5 Å². The molecule has 1 unspecified atom stereocenters. The van der Waals surface area contributed by atoms with Crippen molar-refractivity contribution in [3.05, 3.63) is 95.2 Å². The number of para-hydroxylation sites is 2. The summed E-state index contributed by atoms with van der Waals surface area (Å²) in [4.78, 5) is 59.9. The van der Waals surface area contributed by atoms with Crippen molar-refractivity contribution >= 4 is 40.4 Å². The number of anilines is 1. The summed E-state index contributed by atoms with van der Waals surface area (Å²) in [6.45, 7) is 3.73. The van der Waals surface area contributed by atoms with E-state index in [1.165, 1.54) is 6.07 Å². The molecule has 10 nitrogen and oxygen atoms in total. The van der Waals surface area contributed by atoms with E-state index in [9.17, 15) is 24.3 Å². The second-order valence-electron chi connectivity index (χ2n) is 11.3. The summed E-state index contributed by atoms with van der Waals surface area (Å²) in [7, 11) is 1.58. The molecule has 3 atom stereocenters. The first-order valence-corrected chi connectivity index (χ1v) is 14.2. The van der Waals surface area contributed by atoms with E-state index < -0.39 is 41.9 Å². The molecule has 2 aliphatic heterocycles. The first-order chi connectivity index (χ1) is 20.7. The third-order valence-electron chi connectivity index (χ3n) is 8.18. The fraction of sp³-hybridized carbons (Fsp3) is 0.273. The van der Waals surface area contributed by atoms with Crippen molar-refractivity contribution in [1.82, 2.24) is 15.2 Å². The number of carboxylic acids is 1. The van der Waals surface area contributed by atoms with Crippen LogP contribution in [0.15, 0.2) is 72.8 Å². The number of imide groups is 1. The summed E-state index contributed by atoms with van der Waals surface area (Å²) < 4.78 is 5.35. The molecule has 0 bridgehead atoms. The monoisotopic (exact) mass is 580 g/mol. The van der Waals surface area contributed by atoms with Crippen LogP contribution < -0.4 is 15.0 Å². The predicted molar refractivity (Wildman–Crippen MR) is 160 cm³/mol. The Morgan fingerprint density at radius 1 is 1.02 bits per heavy atom. The van der Waals surface area contributed by atoms with Gasteiger partial charge in [0.15, 0.2) is 0 Å². The molecule has 3 aromatic carbocycles. The Labute approximate surface area is 248 Å². The lowest BCUT2D eigenvalue weighted by Gasteiger charge is -2.36. The molecule has 3 N–H and O–H groups in total. The van der Waals surface area contributed by atoms with E-state index in [0.717, 1.165) is 32.6 Å². The molecule has 1 saturated heterocycles. The van der Waals surface area contributed by atoms with Gasteiger partial charge in [-0.05, 0) is 53.8 Å². The van der Waals surface area contributed by atoms with Crippen LogP contribution in [0, 0.1) is 5.92 Å². The Morgan fingerprint density at radius 2 is 1.72 bits per heavy atom. The molecular formula is C33H32N4O6.